The van der Waals surface area contributed by atoms with Gasteiger partial charge in [0.15, 0.2) is 0 Å². The van der Waals surface area contributed by atoms with Crippen molar-refractivity contribution in [2.75, 3.05) is 13.7 Å². The molecule has 0 aromatic heterocycles. The van der Waals surface area contributed by atoms with E-state index in [-0.39, 0.29) is 6.54 Å². The molecule has 0 saturated carbocycles. The van der Waals surface area contributed by atoms with Gasteiger partial charge in [-0.15, -0.1) is 0 Å². The topological polar surface area (TPSA) is 93.8 Å². The molecule has 0 bridgehead atoms. The van der Waals surface area contributed by atoms with Crippen molar-refractivity contribution in [3.8, 4) is 5.75 Å². The minimum absolute atomic E-state index is 0.238. The lowest BCUT2D eigenvalue weighted by Gasteiger charge is -2.20. The number of hydrogen-bond donors (Lipinski definition) is 3. The quantitative estimate of drug-likeness (QED) is 0.713. The van der Waals surface area contributed by atoms with E-state index in [1.54, 1.807) is 7.11 Å². The van der Waals surface area contributed by atoms with E-state index >= 15 is 0 Å². The molecule has 6 nitrogen and oxygen atoms in total. The SMILES string of the molecule is COc1ccc(CCC(O)CN)c(CNC(=O)OC(C)(C)C)c1. The highest BCUT2D eigenvalue weighted by atomic mass is 16.6. The van der Waals surface area contributed by atoms with Gasteiger partial charge in [0.05, 0.1) is 13.2 Å². The van der Waals surface area contributed by atoms with E-state index < -0.39 is 17.8 Å². The summed E-state index contributed by atoms with van der Waals surface area (Å²) in [4.78, 5) is 11.8. The normalized spacial score (nSPS) is 12.6. The molecule has 1 atom stereocenters. The van der Waals surface area contributed by atoms with E-state index in [1.165, 1.54) is 0 Å². The van der Waals surface area contributed by atoms with Crippen LogP contribution in [0.15, 0.2) is 18.2 Å². The molecule has 1 aromatic rings. The number of aryl methyl sites for hydroxylation is 1. The van der Waals surface area contributed by atoms with Crippen LogP contribution in [-0.4, -0.2) is 36.6 Å². The van der Waals surface area contributed by atoms with E-state index in [0.29, 0.717) is 25.1 Å². The predicted octanol–water partition coefficient (Wildman–Crippen LogP) is 1.97. The largest absolute Gasteiger partial charge is 0.497 e. The fourth-order valence-electron chi connectivity index (χ4n) is 2.06. The minimum Gasteiger partial charge on any atom is -0.497 e. The number of aliphatic hydroxyl groups excluding tert-OH is 1. The molecule has 1 unspecified atom stereocenters. The monoisotopic (exact) mass is 324 g/mol. The number of carbonyl (C=O) groups excluding carboxylic acids is 1. The molecule has 23 heavy (non-hydrogen) atoms. The summed E-state index contributed by atoms with van der Waals surface area (Å²) in [6.07, 6.45) is 0.257. The molecule has 1 aromatic carbocycles. The van der Waals surface area contributed by atoms with Crippen LogP contribution in [0.1, 0.15) is 38.3 Å². The van der Waals surface area contributed by atoms with Crippen molar-refractivity contribution in [3.05, 3.63) is 29.3 Å². The summed E-state index contributed by atoms with van der Waals surface area (Å²) in [7, 11) is 1.60. The molecule has 4 N–H and O–H groups in total. The van der Waals surface area contributed by atoms with Crippen LogP contribution in [0.2, 0.25) is 0 Å². The molecule has 0 fully saturated rings. The van der Waals surface area contributed by atoms with Crippen molar-refractivity contribution in [1.29, 1.82) is 0 Å². The van der Waals surface area contributed by atoms with Crippen LogP contribution in [0, 0.1) is 0 Å². The lowest BCUT2D eigenvalue weighted by Crippen LogP contribution is -2.32. The average Bonchev–Trinajstić information content (AvgIpc) is 2.49. The number of hydrogen-bond acceptors (Lipinski definition) is 5. The van der Waals surface area contributed by atoms with Crippen LogP contribution in [-0.2, 0) is 17.7 Å². The maximum Gasteiger partial charge on any atom is 0.407 e. The minimum atomic E-state index is -0.535. The first-order valence-electron chi connectivity index (χ1n) is 7.76. The van der Waals surface area contributed by atoms with Gasteiger partial charge in [0.25, 0.3) is 0 Å². The number of nitrogens with one attached hydrogen (secondary N) is 1. The number of benzene rings is 1. The van der Waals surface area contributed by atoms with Crippen LogP contribution >= 0.6 is 0 Å². The Morgan fingerprint density at radius 1 is 1.35 bits per heavy atom. The maximum atomic E-state index is 11.8. The lowest BCUT2D eigenvalue weighted by atomic mass is 10.0. The standard InChI is InChI=1S/C17H28N2O4/c1-17(2,3)23-16(21)19-11-13-9-15(22-4)8-6-12(13)5-7-14(20)10-18/h6,8-9,14,20H,5,7,10-11,18H2,1-4H3,(H,19,21). The van der Waals surface area contributed by atoms with E-state index in [2.05, 4.69) is 5.32 Å². The van der Waals surface area contributed by atoms with Crippen LogP contribution in [0.25, 0.3) is 0 Å². The number of amides is 1. The molecular formula is C17H28N2O4. The molecule has 0 aliphatic heterocycles. The molecule has 1 rings (SSSR count). The zero-order valence-electron chi connectivity index (χ0n) is 14.4. The maximum absolute atomic E-state index is 11.8. The van der Waals surface area contributed by atoms with Gasteiger partial charge >= 0.3 is 6.09 Å². The lowest BCUT2D eigenvalue weighted by molar-refractivity contribution is 0.0523. The van der Waals surface area contributed by atoms with Gasteiger partial charge < -0.3 is 25.6 Å². The Morgan fingerprint density at radius 3 is 2.61 bits per heavy atom. The summed E-state index contributed by atoms with van der Waals surface area (Å²) in [5.41, 5.74) is 6.86. The number of ether oxygens (including phenoxy) is 2. The zero-order valence-corrected chi connectivity index (χ0v) is 14.4. The number of aliphatic hydroxyl groups is 1. The summed E-state index contributed by atoms with van der Waals surface area (Å²) in [6.45, 7) is 6.02. The molecule has 0 saturated heterocycles. The van der Waals surface area contributed by atoms with Crippen molar-refractivity contribution in [1.82, 2.24) is 5.32 Å². The molecule has 0 spiro atoms. The van der Waals surface area contributed by atoms with E-state index in [4.69, 9.17) is 15.2 Å². The van der Waals surface area contributed by atoms with Gasteiger partial charge in [-0.05, 0) is 56.9 Å². The van der Waals surface area contributed by atoms with E-state index in [1.807, 2.05) is 39.0 Å². The molecule has 0 heterocycles. The first-order valence-corrected chi connectivity index (χ1v) is 7.76. The van der Waals surface area contributed by atoms with E-state index in [0.717, 1.165) is 11.1 Å². The summed E-state index contributed by atoms with van der Waals surface area (Å²) >= 11 is 0. The highest BCUT2D eigenvalue weighted by Gasteiger charge is 2.16. The van der Waals surface area contributed by atoms with Gasteiger partial charge in [0.2, 0.25) is 0 Å². The first kappa shape index (κ1) is 19.3. The Hall–Kier alpha value is -1.79. The van der Waals surface area contributed by atoms with Crippen molar-refractivity contribution in [2.45, 2.75) is 51.9 Å². The van der Waals surface area contributed by atoms with Crippen LogP contribution < -0.4 is 15.8 Å². The number of nitrogens with two attached hydrogens (primary N) is 1. The Balaban J connectivity index is 2.75. The Bertz CT molecular complexity index is 512. The van der Waals surface area contributed by atoms with Gasteiger partial charge in [-0.2, -0.15) is 0 Å². The second-order valence-electron chi connectivity index (χ2n) is 6.42. The molecule has 0 aliphatic rings. The van der Waals surface area contributed by atoms with Gasteiger partial charge in [0.1, 0.15) is 11.4 Å². The third kappa shape index (κ3) is 7.34. The first-order chi connectivity index (χ1) is 10.7. The van der Waals surface area contributed by atoms with Gasteiger partial charge in [0, 0.05) is 13.1 Å². The third-order valence-corrected chi connectivity index (χ3v) is 3.25. The second-order valence-corrected chi connectivity index (χ2v) is 6.42. The molecule has 1 amide bonds. The number of rotatable bonds is 7. The predicted molar refractivity (Wildman–Crippen MR) is 89.4 cm³/mol. The number of methoxy groups -OCH3 is 1. The summed E-state index contributed by atoms with van der Waals surface area (Å²) < 4.78 is 10.5. The summed E-state index contributed by atoms with van der Waals surface area (Å²) in [5.74, 6) is 0.717. The number of alkyl carbamates (subject to hydrolysis) is 1. The highest BCUT2D eigenvalue weighted by molar-refractivity contribution is 5.67. The molecule has 6 heteroatoms. The number of carbonyl (C=O) groups is 1. The molecule has 0 aliphatic carbocycles. The van der Waals surface area contributed by atoms with Crippen molar-refractivity contribution in [3.63, 3.8) is 0 Å². The van der Waals surface area contributed by atoms with E-state index in [9.17, 15) is 9.90 Å². The van der Waals surface area contributed by atoms with Crippen LogP contribution in [0.5, 0.6) is 5.75 Å². The van der Waals surface area contributed by atoms with Crippen molar-refractivity contribution >= 4 is 6.09 Å². The fourth-order valence-corrected chi connectivity index (χ4v) is 2.06. The highest BCUT2D eigenvalue weighted by Crippen LogP contribution is 2.20. The fraction of sp³-hybridized carbons (Fsp3) is 0.588. The summed E-state index contributed by atoms with van der Waals surface area (Å²) in [5, 5.41) is 12.4. The van der Waals surface area contributed by atoms with Crippen LogP contribution in [0.4, 0.5) is 4.79 Å². The van der Waals surface area contributed by atoms with Crippen LogP contribution in [0.3, 0.4) is 0 Å². The second kappa shape index (κ2) is 8.74. The Labute approximate surface area is 138 Å². The Morgan fingerprint density at radius 2 is 2.04 bits per heavy atom. The molecule has 0 radical (unpaired) electrons. The van der Waals surface area contributed by atoms with Gasteiger partial charge in [-0.1, -0.05) is 6.07 Å². The Kier molecular flexibility index (Phi) is 7.32. The van der Waals surface area contributed by atoms with Crippen molar-refractivity contribution < 1.29 is 19.4 Å². The van der Waals surface area contributed by atoms with Crippen molar-refractivity contribution in [2.24, 2.45) is 5.73 Å². The smallest absolute Gasteiger partial charge is 0.407 e. The summed E-state index contributed by atoms with van der Waals surface area (Å²) in [6, 6.07) is 5.68. The van der Waals surface area contributed by atoms with Gasteiger partial charge in [-0.3, -0.25) is 0 Å². The third-order valence-electron chi connectivity index (χ3n) is 3.25. The molecule has 130 valence electrons. The van der Waals surface area contributed by atoms with Gasteiger partial charge in [-0.25, -0.2) is 4.79 Å². The zero-order chi connectivity index (χ0) is 17.5. The molecular weight excluding hydrogens is 296 g/mol. The average molecular weight is 324 g/mol.